The molecule has 2 aromatic rings. The lowest BCUT2D eigenvalue weighted by atomic mass is 9.93. The molecule has 2 atom stereocenters. The average molecular weight is 244 g/mol. The predicted octanol–water partition coefficient (Wildman–Crippen LogP) is 1.74. The van der Waals surface area contributed by atoms with Gasteiger partial charge in [-0.05, 0) is 57.1 Å². The van der Waals surface area contributed by atoms with Gasteiger partial charge in [-0.2, -0.15) is 5.10 Å². The molecule has 3 heterocycles. The monoisotopic (exact) mass is 244 g/mol. The van der Waals surface area contributed by atoms with Gasteiger partial charge in [0.25, 0.3) is 0 Å². The number of piperidine rings is 1. The molecule has 4 nitrogen and oxygen atoms in total. The zero-order valence-electron chi connectivity index (χ0n) is 11.0. The summed E-state index contributed by atoms with van der Waals surface area (Å²) in [4.78, 5) is 2.40. The Labute approximate surface area is 107 Å². The van der Waals surface area contributed by atoms with Crippen molar-refractivity contribution in [1.29, 1.82) is 0 Å². The van der Waals surface area contributed by atoms with E-state index in [2.05, 4.69) is 35.2 Å². The molecule has 0 spiro atoms. The molecule has 0 amide bonds. The van der Waals surface area contributed by atoms with E-state index in [1.807, 2.05) is 17.6 Å². The van der Waals surface area contributed by atoms with Gasteiger partial charge < -0.3 is 5.73 Å². The predicted molar refractivity (Wildman–Crippen MR) is 72.5 cm³/mol. The Morgan fingerprint density at radius 3 is 3.06 bits per heavy atom. The van der Waals surface area contributed by atoms with Gasteiger partial charge in [0.1, 0.15) is 0 Å². The first-order valence-electron chi connectivity index (χ1n) is 6.55. The van der Waals surface area contributed by atoms with Gasteiger partial charge in [0.05, 0.1) is 11.2 Å². The van der Waals surface area contributed by atoms with Gasteiger partial charge in [-0.3, -0.25) is 4.90 Å². The van der Waals surface area contributed by atoms with Gasteiger partial charge in [-0.15, -0.1) is 0 Å². The van der Waals surface area contributed by atoms with Crippen molar-refractivity contribution in [2.75, 3.05) is 13.6 Å². The molecular weight excluding hydrogens is 224 g/mol. The molecule has 1 aliphatic heterocycles. The Morgan fingerprint density at radius 1 is 1.39 bits per heavy atom. The van der Waals surface area contributed by atoms with Gasteiger partial charge >= 0.3 is 0 Å². The van der Waals surface area contributed by atoms with Gasteiger partial charge in [0.2, 0.25) is 0 Å². The summed E-state index contributed by atoms with van der Waals surface area (Å²) in [6.07, 6.45) is 4.19. The van der Waals surface area contributed by atoms with Crippen LogP contribution < -0.4 is 5.73 Å². The number of likely N-dealkylation sites (tertiary alicyclic amines) is 1. The van der Waals surface area contributed by atoms with E-state index in [0.717, 1.165) is 30.6 Å². The number of nitrogens with zero attached hydrogens (tertiary/aromatic N) is 3. The van der Waals surface area contributed by atoms with E-state index in [1.54, 1.807) is 0 Å². The number of hydrogen-bond acceptors (Lipinski definition) is 3. The van der Waals surface area contributed by atoms with Crippen molar-refractivity contribution >= 4 is 5.52 Å². The van der Waals surface area contributed by atoms with Crippen LogP contribution in [0.1, 0.15) is 30.1 Å². The largest absolute Gasteiger partial charge is 0.328 e. The molecule has 18 heavy (non-hydrogen) atoms. The zero-order chi connectivity index (χ0) is 12.7. The zero-order valence-corrected chi connectivity index (χ0v) is 11.0. The molecule has 0 aromatic carbocycles. The van der Waals surface area contributed by atoms with Crippen LogP contribution in [0.3, 0.4) is 0 Å². The molecule has 1 fully saturated rings. The lowest BCUT2D eigenvalue weighted by molar-refractivity contribution is 0.171. The molecule has 4 heteroatoms. The van der Waals surface area contributed by atoms with Crippen LogP contribution in [0.5, 0.6) is 0 Å². The second-order valence-corrected chi connectivity index (χ2v) is 5.40. The number of nitrogens with two attached hydrogens (primary N) is 1. The van der Waals surface area contributed by atoms with Crippen LogP contribution in [0.4, 0.5) is 0 Å². The molecular formula is C14H20N4. The van der Waals surface area contributed by atoms with Gasteiger partial charge in [0.15, 0.2) is 0 Å². The summed E-state index contributed by atoms with van der Waals surface area (Å²) >= 11 is 0. The topological polar surface area (TPSA) is 46.6 Å². The Balaban J connectivity index is 1.97. The van der Waals surface area contributed by atoms with E-state index < -0.39 is 0 Å². The lowest BCUT2D eigenvalue weighted by Crippen LogP contribution is -2.39. The van der Waals surface area contributed by atoms with Gasteiger partial charge in [-0.1, -0.05) is 0 Å². The molecule has 0 radical (unpaired) electrons. The molecule has 2 aromatic heterocycles. The highest BCUT2D eigenvalue weighted by Crippen LogP contribution is 2.29. The first kappa shape index (κ1) is 11.7. The number of aromatic nitrogens is 2. The van der Waals surface area contributed by atoms with Crippen molar-refractivity contribution < 1.29 is 0 Å². The minimum atomic E-state index is 0.328. The van der Waals surface area contributed by atoms with Crippen molar-refractivity contribution in [2.45, 2.75) is 31.8 Å². The van der Waals surface area contributed by atoms with Gasteiger partial charge in [-0.25, -0.2) is 4.52 Å². The van der Waals surface area contributed by atoms with Crippen LogP contribution in [0, 0.1) is 6.92 Å². The Morgan fingerprint density at radius 2 is 2.22 bits per heavy atom. The SMILES string of the molecule is Cc1cc2cc(C3CC(N)CCN3C)ccn2n1. The second kappa shape index (κ2) is 4.37. The summed E-state index contributed by atoms with van der Waals surface area (Å²) in [5.41, 5.74) is 9.67. The van der Waals surface area contributed by atoms with Crippen LogP contribution >= 0.6 is 0 Å². The summed E-state index contributed by atoms with van der Waals surface area (Å²) in [5, 5.41) is 4.41. The summed E-state index contributed by atoms with van der Waals surface area (Å²) in [5.74, 6) is 0. The molecule has 2 unspecified atom stereocenters. The minimum Gasteiger partial charge on any atom is -0.328 e. The highest BCUT2D eigenvalue weighted by molar-refractivity contribution is 5.50. The fraction of sp³-hybridized carbons (Fsp3) is 0.500. The van der Waals surface area contributed by atoms with Crippen molar-refractivity contribution in [2.24, 2.45) is 5.73 Å². The van der Waals surface area contributed by atoms with Crippen molar-refractivity contribution in [3.63, 3.8) is 0 Å². The normalized spacial score (nSPS) is 25.7. The van der Waals surface area contributed by atoms with E-state index in [1.165, 1.54) is 5.56 Å². The summed E-state index contributed by atoms with van der Waals surface area (Å²) in [6, 6.07) is 7.28. The fourth-order valence-electron chi connectivity index (χ4n) is 2.85. The lowest BCUT2D eigenvalue weighted by Gasteiger charge is -2.36. The first-order chi connectivity index (χ1) is 8.63. The number of aryl methyl sites for hydroxylation is 1. The van der Waals surface area contributed by atoms with E-state index in [0.29, 0.717) is 12.1 Å². The molecule has 0 aliphatic carbocycles. The van der Waals surface area contributed by atoms with E-state index in [9.17, 15) is 0 Å². The van der Waals surface area contributed by atoms with E-state index in [-0.39, 0.29) is 0 Å². The maximum absolute atomic E-state index is 6.10. The third-order valence-electron chi connectivity index (χ3n) is 3.90. The standard InChI is InChI=1S/C14H20N4/c1-10-7-13-8-11(3-6-18(13)16-10)14-9-12(15)4-5-17(14)2/h3,6-8,12,14H,4-5,9,15H2,1-2H3. The fourth-order valence-corrected chi connectivity index (χ4v) is 2.85. The van der Waals surface area contributed by atoms with Crippen molar-refractivity contribution in [3.05, 3.63) is 35.7 Å². The van der Waals surface area contributed by atoms with E-state index in [4.69, 9.17) is 5.73 Å². The highest BCUT2D eigenvalue weighted by Gasteiger charge is 2.25. The molecule has 3 rings (SSSR count). The number of pyridine rings is 1. The van der Waals surface area contributed by atoms with Crippen LogP contribution in [0.2, 0.25) is 0 Å². The molecule has 1 aliphatic rings. The van der Waals surface area contributed by atoms with Crippen LogP contribution in [-0.4, -0.2) is 34.1 Å². The van der Waals surface area contributed by atoms with E-state index >= 15 is 0 Å². The van der Waals surface area contributed by atoms with Crippen LogP contribution in [0.15, 0.2) is 24.4 Å². The Bertz CT molecular complexity index is 560. The average Bonchev–Trinajstić information content (AvgIpc) is 2.71. The summed E-state index contributed by atoms with van der Waals surface area (Å²) in [6.45, 7) is 3.10. The first-order valence-corrected chi connectivity index (χ1v) is 6.55. The molecule has 2 N–H and O–H groups in total. The molecule has 96 valence electrons. The van der Waals surface area contributed by atoms with Crippen molar-refractivity contribution in [1.82, 2.24) is 14.5 Å². The minimum absolute atomic E-state index is 0.328. The highest BCUT2D eigenvalue weighted by atomic mass is 15.2. The third-order valence-corrected chi connectivity index (χ3v) is 3.90. The van der Waals surface area contributed by atoms with Crippen LogP contribution in [0.25, 0.3) is 5.52 Å². The smallest absolute Gasteiger partial charge is 0.0667 e. The molecule has 0 saturated carbocycles. The summed E-state index contributed by atoms with van der Waals surface area (Å²) in [7, 11) is 2.18. The molecule has 0 bridgehead atoms. The van der Waals surface area contributed by atoms with Crippen LogP contribution in [-0.2, 0) is 0 Å². The van der Waals surface area contributed by atoms with Crippen molar-refractivity contribution in [3.8, 4) is 0 Å². The second-order valence-electron chi connectivity index (χ2n) is 5.40. The quantitative estimate of drug-likeness (QED) is 0.831. The number of fused-ring (bicyclic) bond motifs is 1. The Hall–Kier alpha value is -1.39. The van der Waals surface area contributed by atoms with Gasteiger partial charge in [0, 0.05) is 18.3 Å². The Kier molecular flexibility index (Phi) is 2.84. The third kappa shape index (κ3) is 2.02. The maximum Gasteiger partial charge on any atom is 0.0667 e. The number of hydrogen-bond donors (Lipinski definition) is 1. The maximum atomic E-state index is 6.10. The summed E-state index contributed by atoms with van der Waals surface area (Å²) < 4.78 is 1.93. The molecule has 1 saturated heterocycles. The number of rotatable bonds is 1.